The SMILES string of the molecule is CCc1ccc(C(=O)NCC2CCC(Cl)CC2)o1. The van der Waals surface area contributed by atoms with E-state index < -0.39 is 0 Å². The molecule has 0 saturated heterocycles. The molecule has 1 amide bonds. The van der Waals surface area contributed by atoms with Crippen molar-refractivity contribution in [3.63, 3.8) is 0 Å². The summed E-state index contributed by atoms with van der Waals surface area (Å²) < 4.78 is 5.42. The number of rotatable bonds is 4. The van der Waals surface area contributed by atoms with Gasteiger partial charge in [0.25, 0.3) is 5.91 Å². The molecule has 18 heavy (non-hydrogen) atoms. The number of nitrogens with one attached hydrogen (secondary N) is 1. The summed E-state index contributed by atoms with van der Waals surface area (Å²) in [6, 6.07) is 3.59. The molecule has 1 aliphatic carbocycles. The summed E-state index contributed by atoms with van der Waals surface area (Å²) in [6.45, 7) is 2.73. The van der Waals surface area contributed by atoms with Crippen LogP contribution in [-0.4, -0.2) is 17.8 Å². The monoisotopic (exact) mass is 269 g/mol. The number of carbonyl (C=O) groups is 1. The van der Waals surface area contributed by atoms with Crippen molar-refractivity contribution in [1.82, 2.24) is 5.32 Å². The highest BCUT2D eigenvalue weighted by atomic mass is 35.5. The number of alkyl halides is 1. The van der Waals surface area contributed by atoms with Gasteiger partial charge in [0.15, 0.2) is 5.76 Å². The largest absolute Gasteiger partial charge is 0.456 e. The maximum absolute atomic E-state index is 11.8. The van der Waals surface area contributed by atoms with Gasteiger partial charge in [-0.2, -0.15) is 0 Å². The fourth-order valence-corrected chi connectivity index (χ4v) is 2.59. The lowest BCUT2D eigenvalue weighted by molar-refractivity contribution is 0.0914. The summed E-state index contributed by atoms with van der Waals surface area (Å²) in [7, 11) is 0. The van der Waals surface area contributed by atoms with Gasteiger partial charge >= 0.3 is 0 Å². The Hall–Kier alpha value is -0.960. The Labute approximate surface area is 113 Å². The fourth-order valence-electron chi connectivity index (χ4n) is 2.34. The lowest BCUT2D eigenvalue weighted by atomic mass is 9.89. The molecule has 1 aliphatic rings. The van der Waals surface area contributed by atoms with E-state index in [0.29, 0.717) is 17.1 Å². The average Bonchev–Trinajstić information content (AvgIpc) is 2.86. The summed E-state index contributed by atoms with van der Waals surface area (Å²) in [5.41, 5.74) is 0. The standard InChI is InChI=1S/C14H20ClNO2/c1-2-12-7-8-13(18-12)14(17)16-9-10-3-5-11(15)6-4-10/h7-8,10-11H,2-6,9H2,1H3,(H,16,17). The van der Waals surface area contributed by atoms with Gasteiger partial charge in [0.05, 0.1) is 0 Å². The van der Waals surface area contributed by atoms with Gasteiger partial charge in [0.2, 0.25) is 0 Å². The van der Waals surface area contributed by atoms with Gasteiger partial charge in [-0.05, 0) is 43.7 Å². The molecule has 4 heteroatoms. The van der Waals surface area contributed by atoms with E-state index in [9.17, 15) is 4.79 Å². The van der Waals surface area contributed by atoms with Crippen LogP contribution in [-0.2, 0) is 6.42 Å². The molecule has 1 saturated carbocycles. The topological polar surface area (TPSA) is 42.2 Å². The third-order valence-corrected chi connectivity index (χ3v) is 4.00. The summed E-state index contributed by atoms with van der Waals surface area (Å²) >= 11 is 6.06. The Bertz CT molecular complexity index is 394. The van der Waals surface area contributed by atoms with Crippen LogP contribution in [0.4, 0.5) is 0 Å². The normalized spacial score (nSPS) is 23.9. The van der Waals surface area contributed by atoms with Crippen molar-refractivity contribution in [1.29, 1.82) is 0 Å². The Morgan fingerprint density at radius 2 is 2.11 bits per heavy atom. The summed E-state index contributed by atoms with van der Waals surface area (Å²) in [5.74, 6) is 1.72. The molecular formula is C14H20ClNO2. The first kappa shape index (κ1) is 13.5. The predicted octanol–water partition coefficient (Wildman–Crippen LogP) is 3.37. The van der Waals surface area contributed by atoms with Crippen molar-refractivity contribution in [3.8, 4) is 0 Å². The minimum atomic E-state index is -0.109. The van der Waals surface area contributed by atoms with Gasteiger partial charge in [-0.3, -0.25) is 4.79 Å². The van der Waals surface area contributed by atoms with Crippen LogP contribution in [0.15, 0.2) is 16.5 Å². The van der Waals surface area contributed by atoms with E-state index in [4.69, 9.17) is 16.0 Å². The predicted molar refractivity (Wildman–Crippen MR) is 72.0 cm³/mol. The highest BCUT2D eigenvalue weighted by molar-refractivity contribution is 6.20. The van der Waals surface area contributed by atoms with Crippen molar-refractivity contribution in [2.45, 2.75) is 44.4 Å². The summed E-state index contributed by atoms with van der Waals surface area (Å²) in [6.07, 6.45) is 5.14. The molecule has 0 aromatic carbocycles. The fraction of sp³-hybridized carbons (Fsp3) is 0.643. The number of halogens is 1. The molecule has 0 aliphatic heterocycles. The second-order valence-electron chi connectivity index (χ2n) is 4.95. The molecule has 2 rings (SSSR count). The van der Waals surface area contributed by atoms with Crippen LogP contribution in [0, 0.1) is 5.92 Å². The maximum Gasteiger partial charge on any atom is 0.287 e. The lowest BCUT2D eigenvalue weighted by Crippen LogP contribution is -2.31. The zero-order valence-electron chi connectivity index (χ0n) is 10.7. The number of hydrogen-bond donors (Lipinski definition) is 1. The number of carbonyl (C=O) groups excluding carboxylic acids is 1. The molecule has 0 radical (unpaired) electrons. The smallest absolute Gasteiger partial charge is 0.287 e. The lowest BCUT2D eigenvalue weighted by Gasteiger charge is -2.24. The molecule has 1 aromatic heterocycles. The molecule has 1 aromatic rings. The van der Waals surface area contributed by atoms with E-state index in [1.807, 2.05) is 13.0 Å². The molecule has 1 fully saturated rings. The van der Waals surface area contributed by atoms with Crippen LogP contribution in [0.2, 0.25) is 0 Å². The van der Waals surface area contributed by atoms with Crippen LogP contribution in [0.25, 0.3) is 0 Å². The van der Waals surface area contributed by atoms with Gasteiger partial charge in [-0.15, -0.1) is 11.6 Å². The molecule has 0 atom stereocenters. The Morgan fingerprint density at radius 1 is 1.39 bits per heavy atom. The molecule has 3 nitrogen and oxygen atoms in total. The summed E-state index contributed by atoms with van der Waals surface area (Å²) in [5, 5.41) is 3.27. The number of hydrogen-bond acceptors (Lipinski definition) is 2. The van der Waals surface area contributed by atoms with Crippen molar-refractivity contribution in [2.24, 2.45) is 5.92 Å². The highest BCUT2D eigenvalue weighted by Gasteiger charge is 2.20. The Balaban J connectivity index is 1.77. The second kappa shape index (κ2) is 6.28. The van der Waals surface area contributed by atoms with E-state index >= 15 is 0 Å². The van der Waals surface area contributed by atoms with Gasteiger partial charge in [0, 0.05) is 18.3 Å². The third-order valence-electron chi connectivity index (χ3n) is 3.56. The van der Waals surface area contributed by atoms with Gasteiger partial charge in [-0.1, -0.05) is 6.92 Å². The van der Waals surface area contributed by atoms with Gasteiger partial charge in [0.1, 0.15) is 5.76 Å². The molecule has 0 spiro atoms. The van der Waals surface area contributed by atoms with E-state index in [0.717, 1.165) is 44.4 Å². The first-order valence-corrected chi connectivity index (χ1v) is 7.13. The minimum absolute atomic E-state index is 0.109. The molecule has 1 N–H and O–H groups in total. The van der Waals surface area contributed by atoms with Crippen LogP contribution in [0.3, 0.4) is 0 Å². The molecule has 100 valence electrons. The Morgan fingerprint density at radius 3 is 2.72 bits per heavy atom. The molecule has 0 unspecified atom stereocenters. The maximum atomic E-state index is 11.8. The van der Waals surface area contributed by atoms with Crippen LogP contribution in [0.5, 0.6) is 0 Å². The zero-order chi connectivity index (χ0) is 13.0. The number of amides is 1. The number of aryl methyl sites for hydroxylation is 1. The van der Waals surface area contributed by atoms with Crippen LogP contribution >= 0.6 is 11.6 Å². The van der Waals surface area contributed by atoms with Gasteiger partial charge in [-0.25, -0.2) is 0 Å². The molecular weight excluding hydrogens is 250 g/mol. The zero-order valence-corrected chi connectivity index (χ0v) is 11.5. The van der Waals surface area contributed by atoms with Crippen molar-refractivity contribution in [2.75, 3.05) is 6.54 Å². The summed E-state index contributed by atoms with van der Waals surface area (Å²) in [4.78, 5) is 11.8. The van der Waals surface area contributed by atoms with Crippen molar-refractivity contribution >= 4 is 17.5 Å². The van der Waals surface area contributed by atoms with Crippen LogP contribution in [0.1, 0.15) is 48.9 Å². The first-order chi connectivity index (χ1) is 8.69. The van der Waals surface area contributed by atoms with Crippen molar-refractivity contribution < 1.29 is 9.21 Å². The minimum Gasteiger partial charge on any atom is -0.456 e. The quantitative estimate of drug-likeness (QED) is 0.852. The Kier molecular flexibility index (Phi) is 4.70. The molecule has 0 bridgehead atoms. The van der Waals surface area contributed by atoms with Crippen LogP contribution < -0.4 is 5.32 Å². The number of furan rings is 1. The van der Waals surface area contributed by atoms with E-state index in [1.54, 1.807) is 6.07 Å². The van der Waals surface area contributed by atoms with E-state index in [2.05, 4.69) is 5.32 Å². The second-order valence-corrected chi connectivity index (χ2v) is 5.56. The molecule has 1 heterocycles. The average molecular weight is 270 g/mol. The van der Waals surface area contributed by atoms with Crippen molar-refractivity contribution in [3.05, 3.63) is 23.7 Å². The van der Waals surface area contributed by atoms with E-state index in [1.165, 1.54) is 0 Å². The first-order valence-electron chi connectivity index (χ1n) is 6.70. The third kappa shape index (κ3) is 3.52. The highest BCUT2D eigenvalue weighted by Crippen LogP contribution is 2.27. The van der Waals surface area contributed by atoms with E-state index in [-0.39, 0.29) is 5.91 Å². The van der Waals surface area contributed by atoms with Gasteiger partial charge < -0.3 is 9.73 Å².